The van der Waals surface area contributed by atoms with Gasteiger partial charge in [-0.1, -0.05) is 119 Å². The van der Waals surface area contributed by atoms with Gasteiger partial charge in [0.05, 0.1) is 11.7 Å². The van der Waals surface area contributed by atoms with Crippen LogP contribution in [0.25, 0.3) is 10.9 Å². The van der Waals surface area contributed by atoms with Crippen molar-refractivity contribution >= 4 is 28.6 Å². The molecular weight excluding hydrogens is 520 g/mol. The van der Waals surface area contributed by atoms with E-state index >= 15 is 0 Å². The van der Waals surface area contributed by atoms with E-state index in [-0.39, 0.29) is 0 Å². The molecule has 0 aliphatic rings. The van der Waals surface area contributed by atoms with Gasteiger partial charge in [0, 0.05) is 11.9 Å². The van der Waals surface area contributed by atoms with Gasteiger partial charge in [-0.3, -0.25) is 4.68 Å². The number of pyridine rings is 1. The first-order valence-corrected chi connectivity index (χ1v) is 15.6. The van der Waals surface area contributed by atoms with E-state index in [4.69, 9.17) is 21.4 Å². The van der Waals surface area contributed by atoms with E-state index in [9.17, 15) is 4.79 Å². The highest BCUT2D eigenvalue weighted by Crippen LogP contribution is 2.35. The Bertz CT molecular complexity index is 1190. The van der Waals surface area contributed by atoms with Crippen LogP contribution in [0.5, 0.6) is 0 Å². The van der Waals surface area contributed by atoms with Crippen molar-refractivity contribution < 1.29 is 9.53 Å². The van der Waals surface area contributed by atoms with Crippen LogP contribution >= 0.6 is 11.6 Å². The highest BCUT2D eigenvalue weighted by molar-refractivity contribution is 6.30. The number of aromatic nitrogens is 3. The summed E-state index contributed by atoms with van der Waals surface area (Å²) in [6.45, 7) is 10.6. The number of hydrogen-bond acceptors (Lipinski definition) is 4. The molecule has 2 heterocycles. The molecule has 0 spiro atoms. The molecule has 3 rings (SSSR count). The molecule has 0 fully saturated rings. The Hall–Kier alpha value is -2.60. The number of benzene rings is 1. The Morgan fingerprint density at radius 3 is 2.05 bits per heavy atom. The van der Waals surface area contributed by atoms with Gasteiger partial charge in [-0.2, -0.15) is 5.10 Å². The molecule has 7 heteroatoms. The lowest BCUT2D eigenvalue weighted by atomic mass is 9.87. The molecule has 1 amide bonds. The molecule has 40 heavy (non-hydrogen) atoms. The van der Waals surface area contributed by atoms with Crippen molar-refractivity contribution in [2.75, 3.05) is 0 Å². The molecule has 0 bridgehead atoms. The molecule has 1 atom stereocenters. The lowest BCUT2D eigenvalue weighted by Crippen LogP contribution is -2.47. The zero-order chi connectivity index (χ0) is 29.0. The van der Waals surface area contributed by atoms with Crippen molar-refractivity contribution in [2.24, 2.45) is 0 Å². The average molecular weight is 569 g/mol. The average Bonchev–Trinajstić information content (AvgIpc) is 3.26. The number of alkyl carbamates (subject to hydrolysis) is 1. The van der Waals surface area contributed by atoms with E-state index in [0.717, 1.165) is 35.1 Å². The predicted molar refractivity (Wildman–Crippen MR) is 166 cm³/mol. The highest BCUT2D eigenvalue weighted by atomic mass is 35.5. The molecule has 1 N–H and O–H groups in total. The smallest absolute Gasteiger partial charge is 0.408 e. The highest BCUT2D eigenvalue weighted by Gasteiger charge is 2.37. The molecule has 3 aromatic rings. The minimum Gasteiger partial charge on any atom is -0.444 e. The van der Waals surface area contributed by atoms with Gasteiger partial charge >= 0.3 is 6.09 Å². The van der Waals surface area contributed by atoms with Gasteiger partial charge in [0.2, 0.25) is 0 Å². The lowest BCUT2D eigenvalue weighted by molar-refractivity contribution is 0.0478. The van der Waals surface area contributed by atoms with Crippen molar-refractivity contribution in [2.45, 2.75) is 129 Å². The molecule has 1 aromatic carbocycles. The fraction of sp³-hybridized carbons (Fsp3) is 0.606. The SMILES string of the molecule is CCCCCCCCCCCCCCn1nc(C(C)(NC(=O)OC(C)(C)C)c2ccccc2)c2cc(Cl)ncc21. The van der Waals surface area contributed by atoms with Crippen LogP contribution in [-0.4, -0.2) is 26.5 Å². The maximum absolute atomic E-state index is 13.0. The Labute approximate surface area is 246 Å². The van der Waals surface area contributed by atoms with Crippen molar-refractivity contribution in [1.29, 1.82) is 0 Å². The summed E-state index contributed by atoms with van der Waals surface area (Å²) >= 11 is 6.36. The number of unbranched alkanes of at least 4 members (excludes halogenated alkanes) is 11. The molecule has 220 valence electrons. The molecule has 6 nitrogen and oxygen atoms in total. The summed E-state index contributed by atoms with van der Waals surface area (Å²) in [5.74, 6) is 0. The maximum Gasteiger partial charge on any atom is 0.408 e. The summed E-state index contributed by atoms with van der Waals surface area (Å²) in [6, 6.07) is 11.7. The van der Waals surface area contributed by atoms with Gasteiger partial charge in [0.25, 0.3) is 0 Å². The maximum atomic E-state index is 13.0. The third-order valence-corrected chi connectivity index (χ3v) is 7.61. The van der Waals surface area contributed by atoms with Crippen molar-refractivity contribution in [3.05, 3.63) is 59.0 Å². The second-order valence-electron chi connectivity index (χ2n) is 12.1. The van der Waals surface area contributed by atoms with Crippen LogP contribution in [0.15, 0.2) is 42.6 Å². The fourth-order valence-corrected chi connectivity index (χ4v) is 5.39. The zero-order valence-corrected chi connectivity index (χ0v) is 26.0. The predicted octanol–water partition coefficient (Wildman–Crippen LogP) is 9.57. The summed E-state index contributed by atoms with van der Waals surface area (Å²) in [7, 11) is 0. The first-order chi connectivity index (χ1) is 19.1. The minimum absolute atomic E-state index is 0.395. The summed E-state index contributed by atoms with van der Waals surface area (Å²) in [5.41, 5.74) is 0.989. The largest absolute Gasteiger partial charge is 0.444 e. The van der Waals surface area contributed by atoms with E-state index in [1.54, 1.807) is 6.20 Å². The van der Waals surface area contributed by atoms with Crippen LogP contribution < -0.4 is 5.32 Å². The second kappa shape index (κ2) is 15.4. The number of nitrogens with one attached hydrogen (secondary N) is 1. The van der Waals surface area contributed by atoms with Crippen molar-refractivity contribution in [3.63, 3.8) is 0 Å². The Kier molecular flexibility index (Phi) is 12.3. The topological polar surface area (TPSA) is 69.0 Å². The van der Waals surface area contributed by atoms with E-state index in [1.165, 1.54) is 70.6 Å². The molecular formula is C33H49ClN4O2. The van der Waals surface area contributed by atoms with Crippen LogP contribution in [0, 0.1) is 0 Å². The number of carbonyl (C=O) groups excluding carboxylic acids is 1. The number of halogens is 1. The molecule has 0 aliphatic carbocycles. The van der Waals surface area contributed by atoms with Crippen LogP contribution in [0.3, 0.4) is 0 Å². The third kappa shape index (κ3) is 9.50. The molecule has 2 aromatic heterocycles. The van der Waals surface area contributed by atoms with Crippen molar-refractivity contribution in [1.82, 2.24) is 20.1 Å². The van der Waals surface area contributed by atoms with Gasteiger partial charge in [-0.05, 0) is 45.7 Å². The van der Waals surface area contributed by atoms with Crippen molar-refractivity contribution in [3.8, 4) is 0 Å². The summed E-state index contributed by atoms with van der Waals surface area (Å²) in [6.07, 6.45) is 17.0. The van der Waals surface area contributed by atoms with Gasteiger partial charge in [-0.15, -0.1) is 0 Å². The number of nitrogens with zero attached hydrogens (tertiary/aromatic N) is 3. The van der Waals surface area contributed by atoms with Crippen LogP contribution in [0.1, 0.15) is 123 Å². The Morgan fingerprint density at radius 2 is 1.48 bits per heavy atom. The molecule has 0 radical (unpaired) electrons. The number of aryl methyl sites for hydroxylation is 1. The van der Waals surface area contributed by atoms with Crippen LogP contribution in [-0.2, 0) is 16.8 Å². The number of hydrogen-bond donors (Lipinski definition) is 1. The standard InChI is InChI=1S/C33H49ClN4O2/c1-6-7-8-9-10-11-12-13-14-15-16-20-23-38-28-25-35-29(34)24-27(28)30(37-38)33(5,26-21-18-17-19-22-26)36-31(39)40-32(2,3)4/h17-19,21-22,24-25H,6-16,20,23H2,1-5H3,(H,36,39). The van der Waals surface area contributed by atoms with Crippen LogP contribution in [0.4, 0.5) is 4.79 Å². The number of fused-ring (bicyclic) bond motifs is 1. The molecule has 0 saturated heterocycles. The third-order valence-electron chi connectivity index (χ3n) is 7.40. The second-order valence-corrected chi connectivity index (χ2v) is 12.5. The van der Waals surface area contributed by atoms with Gasteiger partial charge < -0.3 is 10.1 Å². The Balaban J connectivity index is 1.69. The van der Waals surface area contributed by atoms with Gasteiger partial charge in [0.1, 0.15) is 22.0 Å². The first kappa shape index (κ1) is 31.9. The fourth-order valence-electron chi connectivity index (χ4n) is 5.24. The normalized spacial score (nSPS) is 13.3. The number of carbonyl (C=O) groups is 1. The molecule has 0 aliphatic heterocycles. The number of ether oxygens (including phenoxy) is 1. The summed E-state index contributed by atoms with van der Waals surface area (Å²) in [4.78, 5) is 17.4. The van der Waals surface area contributed by atoms with E-state index in [0.29, 0.717) is 5.15 Å². The zero-order valence-electron chi connectivity index (χ0n) is 25.3. The summed E-state index contributed by atoms with van der Waals surface area (Å²) < 4.78 is 7.66. The lowest BCUT2D eigenvalue weighted by Gasteiger charge is -2.31. The van der Waals surface area contributed by atoms with E-state index in [2.05, 4.69) is 17.2 Å². The monoisotopic (exact) mass is 568 g/mol. The Morgan fingerprint density at radius 1 is 0.900 bits per heavy atom. The summed E-state index contributed by atoms with van der Waals surface area (Å²) in [5, 5.41) is 9.46. The first-order valence-electron chi connectivity index (χ1n) is 15.2. The van der Waals surface area contributed by atoms with E-state index in [1.807, 2.05) is 68.8 Å². The van der Waals surface area contributed by atoms with Gasteiger partial charge in [0.15, 0.2) is 0 Å². The number of amides is 1. The number of rotatable bonds is 16. The quantitative estimate of drug-likeness (QED) is 0.138. The van der Waals surface area contributed by atoms with Crippen LogP contribution in [0.2, 0.25) is 5.15 Å². The van der Waals surface area contributed by atoms with Gasteiger partial charge in [-0.25, -0.2) is 9.78 Å². The molecule has 0 saturated carbocycles. The minimum atomic E-state index is -0.936. The molecule has 1 unspecified atom stereocenters. The van der Waals surface area contributed by atoms with E-state index < -0.39 is 17.2 Å².